The molecule has 0 spiro atoms. The van der Waals surface area contributed by atoms with Crippen LogP contribution in [-0.2, 0) is 10.1 Å². The number of aryl methyl sites for hydroxylation is 1. The molecule has 2 heterocycles. The average Bonchev–Trinajstić information content (AvgIpc) is 2.70. The summed E-state index contributed by atoms with van der Waals surface area (Å²) < 4.78 is 32.1. The minimum atomic E-state index is -4.27. The molecule has 0 amide bonds. The summed E-state index contributed by atoms with van der Waals surface area (Å²) in [6.07, 6.45) is 1.89. The van der Waals surface area contributed by atoms with Crippen molar-refractivity contribution >= 4 is 33.4 Å². The van der Waals surface area contributed by atoms with Gasteiger partial charge in [0.15, 0.2) is 0 Å². The van der Waals surface area contributed by atoms with Gasteiger partial charge >= 0.3 is 0 Å². The molecule has 1 aliphatic heterocycles. The van der Waals surface area contributed by atoms with Crippen LogP contribution in [-0.4, -0.2) is 56.2 Å². The second kappa shape index (κ2) is 9.62. The molecular formula is C24H29N3O3S2. The topological polar surface area (TPSA) is 73.3 Å². The maximum absolute atomic E-state index is 10.4. The number of aromatic nitrogens is 1. The maximum Gasteiger partial charge on any atom is 0.147 e. The van der Waals surface area contributed by atoms with Gasteiger partial charge in [0.1, 0.15) is 15.9 Å². The van der Waals surface area contributed by atoms with Crippen LogP contribution in [0.15, 0.2) is 81.5 Å². The average molecular weight is 472 g/mol. The summed E-state index contributed by atoms with van der Waals surface area (Å²) >= 11 is 1.81. The van der Waals surface area contributed by atoms with Crippen LogP contribution in [0.4, 0.5) is 11.5 Å². The number of benzene rings is 2. The van der Waals surface area contributed by atoms with Crippen molar-refractivity contribution in [3.05, 3.63) is 72.4 Å². The number of para-hydroxylation sites is 1. The molecule has 170 valence electrons. The lowest BCUT2D eigenvalue weighted by Gasteiger charge is -2.38. The van der Waals surface area contributed by atoms with Crippen LogP contribution in [0.5, 0.6) is 0 Å². The Bertz CT molecular complexity index is 1130. The summed E-state index contributed by atoms with van der Waals surface area (Å²) in [7, 11) is 2.44. The Balaban J connectivity index is 0.000000222. The van der Waals surface area contributed by atoms with Gasteiger partial charge in [0.2, 0.25) is 0 Å². The van der Waals surface area contributed by atoms with Gasteiger partial charge in [-0.15, -0.1) is 0 Å². The molecule has 0 saturated carbocycles. The fraction of sp³-hybridized carbons (Fsp3) is 0.292. The van der Waals surface area contributed by atoms with Crippen molar-refractivity contribution in [2.24, 2.45) is 0 Å². The Kier molecular flexibility index (Phi) is 7.29. The summed E-state index contributed by atoms with van der Waals surface area (Å²) in [5, 5.41) is 0. The van der Waals surface area contributed by atoms with Crippen molar-refractivity contribution in [1.82, 2.24) is 4.98 Å². The number of anilines is 2. The van der Waals surface area contributed by atoms with E-state index in [1.807, 2.05) is 30.9 Å². The minimum Gasteiger partial charge on any atom is -0.744 e. The van der Waals surface area contributed by atoms with Gasteiger partial charge in [-0.25, -0.2) is 13.4 Å². The third-order valence-electron chi connectivity index (χ3n) is 4.89. The smallest absolute Gasteiger partial charge is 0.147 e. The van der Waals surface area contributed by atoms with E-state index < -0.39 is 10.1 Å². The normalized spacial score (nSPS) is 14.0. The monoisotopic (exact) mass is 471 g/mol. The van der Waals surface area contributed by atoms with E-state index in [9.17, 15) is 13.0 Å². The molecule has 0 N–H and O–H groups in total. The second-order valence-corrected chi connectivity index (χ2v) is 11.3. The Morgan fingerprint density at radius 2 is 1.62 bits per heavy atom. The van der Waals surface area contributed by atoms with Crippen LogP contribution in [0.3, 0.4) is 0 Å². The summed E-state index contributed by atoms with van der Waals surface area (Å²) in [6, 6.07) is 19.0. The van der Waals surface area contributed by atoms with Gasteiger partial charge in [-0.05, 0) is 50.2 Å². The lowest BCUT2D eigenvalue weighted by molar-refractivity contribution is -0.870. The van der Waals surface area contributed by atoms with Crippen LogP contribution in [0.1, 0.15) is 12.5 Å². The predicted molar refractivity (Wildman–Crippen MR) is 128 cm³/mol. The van der Waals surface area contributed by atoms with Crippen molar-refractivity contribution in [2.75, 3.05) is 32.6 Å². The first-order valence-corrected chi connectivity index (χ1v) is 12.5. The molecule has 0 aliphatic carbocycles. The van der Waals surface area contributed by atoms with Crippen molar-refractivity contribution in [3.63, 3.8) is 0 Å². The largest absolute Gasteiger partial charge is 0.744 e. The standard InChI is InChI=1S/C17H22N3S.C7H8O3S/c1-13(12-20(2,3)4)19-14-8-5-6-9-15(14)21-16-10-7-11-18-17(16)19;1-6-2-4-7(5-3-6)11(8,9)10/h5-11,13H,12H2,1-4H3;2-5H,1H3,(H,8,9,10)/q+1;/p-1. The first-order valence-electron chi connectivity index (χ1n) is 10.3. The van der Waals surface area contributed by atoms with E-state index in [0.717, 1.165) is 22.4 Å². The van der Waals surface area contributed by atoms with E-state index in [1.165, 1.54) is 27.6 Å². The zero-order valence-corrected chi connectivity index (χ0v) is 20.7. The van der Waals surface area contributed by atoms with E-state index in [4.69, 9.17) is 0 Å². The van der Waals surface area contributed by atoms with Crippen molar-refractivity contribution in [3.8, 4) is 0 Å². The lowest BCUT2D eigenvalue weighted by Crippen LogP contribution is -2.47. The van der Waals surface area contributed by atoms with Crippen LogP contribution < -0.4 is 4.90 Å². The summed E-state index contributed by atoms with van der Waals surface area (Å²) in [5.41, 5.74) is 2.20. The number of quaternary nitrogens is 1. The third kappa shape index (κ3) is 6.10. The van der Waals surface area contributed by atoms with Crippen LogP contribution in [0.2, 0.25) is 0 Å². The third-order valence-corrected chi connectivity index (χ3v) is 6.84. The molecule has 2 aromatic carbocycles. The van der Waals surface area contributed by atoms with E-state index in [2.05, 4.69) is 68.3 Å². The van der Waals surface area contributed by atoms with Crippen LogP contribution in [0.25, 0.3) is 0 Å². The molecule has 6 nitrogen and oxygen atoms in total. The molecule has 1 aliphatic rings. The number of pyridine rings is 1. The van der Waals surface area contributed by atoms with Gasteiger partial charge in [-0.1, -0.05) is 41.6 Å². The van der Waals surface area contributed by atoms with Crippen molar-refractivity contribution in [1.29, 1.82) is 0 Å². The SMILES string of the molecule is CC(C[N+](C)(C)C)N1c2ccccc2Sc2cccnc21.Cc1ccc(S(=O)(=O)[O-])cc1. The van der Waals surface area contributed by atoms with E-state index >= 15 is 0 Å². The Labute approximate surface area is 195 Å². The molecule has 0 bridgehead atoms. The highest BCUT2D eigenvalue weighted by Gasteiger charge is 2.30. The van der Waals surface area contributed by atoms with Crippen LogP contribution in [0, 0.1) is 6.92 Å². The number of likely N-dealkylation sites (N-methyl/N-ethyl adjacent to an activating group) is 1. The number of rotatable bonds is 4. The molecule has 32 heavy (non-hydrogen) atoms. The van der Waals surface area contributed by atoms with Crippen molar-refractivity contribution < 1.29 is 17.5 Å². The quantitative estimate of drug-likeness (QED) is 0.406. The molecule has 3 aromatic rings. The molecule has 0 fully saturated rings. The highest BCUT2D eigenvalue weighted by molar-refractivity contribution is 7.99. The first-order chi connectivity index (χ1) is 15.0. The second-order valence-electron chi connectivity index (χ2n) is 8.85. The number of hydrogen-bond acceptors (Lipinski definition) is 6. The number of fused-ring (bicyclic) bond motifs is 2. The summed E-state index contributed by atoms with van der Waals surface area (Å²) in [5.74, 6) is 1.09. The number of hydrogen-bond donors (Lipinski definition) is 0. The molecule has 1 atom stereocenters. The molecule has 1 unspecified atom stereocenters. The van der Waals surface area contributed by atoms with Crippen molar-refractivity contribution in [2.45, 2.75) is 34.6 Å². The number of nitrogens with zero attached hydrogens (tertiary/aromatic N) is 3. The fourth-order valence-corrected chi connectivity index (χ4v) is 5.16. The van der Waals surface area contributed by atoms with Gasteiger partial charge in [0.25, 0.3) is 0 Å². The van der Waals surface area contributed by atoms with Crippen LogP contribution >= 0.6 is 11.8 Å². The maximum atomic E-state index is 10.4. The zero-order chi connectivity index (χ0) is 23.5. The highest BCUT2D eigenvalue weighted by atomic mass is 32.2. The van der Waals surface area contributed by atoms with E-state index in [1.54, 1.807) is 12.1 Å². The Morgan fingerprint density at radius 3 is 2.25 bits per heavy atom. The Hall–Kier alpha value is -2.39. The van der Waals surface area contributed by atoms with Gasteiger partial charge in [0.05, 0.1) is 49.2 Å². The first kappa shape index (κ1) is 24.3. The van der Waals surface area contributed by atoms with Gasteiger partial charge in [0, 0.05) is 11.1 Å². The van der Waals surface area contributed by atoms with E-state index in [-0.39, 0.29) is 4.90 Å². The van der Waals surface area contributed by atoms with Gasteiger partial charge in [-0.2, -0.15) is 0 Å². The van der Waals surface area contributed by atoms with Gasteiger partial charge in [-0.3, -0.25) is 0 Å². The molecular weight excluding hydrogens is 442 g/mol. The predicted octanol–water partition coefficient (Wildman–Crippen LogP) is 4.68. The highest BCUT2D eigenvalue weighted by Crippen LogP contribution is 2.47. The molecule has 8 heteroatoms. The van der Waals surface area contributed by atoms with Gasteiger partial charge < -0.3 is 13.9 Å². The van der Waals surface area contributed by atoms with E-state index in [0.29, 0.717) is 6.04 Å². The molecule has 0 radical (unpaired) electrons. The summed E-state index contributed by atoms with van der Waals surface area (Å²) in [6.45, 7) is 5.17. The summed E-state index contributed by atoms with van der Waals surface area (Å²) in [4.78, 5) is 9.42. The fourth-order valence-electron chi connectivity index (χ4n) is 3.64. The lowest BCUT2D eigenvalue weighted by atomic mass is 10.2. The zero-order valence-electron chi connectivity index (χ0n) is 19.0. The Morgan fingerprint density at radius 1 is 1.00 bits per heavy atom. The molecule has 1 aromatic heterocycles. The molecule has 0 saturated heterocycles. The minimum absolute atomic E-state index is 0.178. The molecule has 4 rings (SSSR count).